The maximum atomic E-state index is 12.3. The second kappa shape index (κ2) is 5.37. The standard InChI is InChI=1S/C17H14BrNO2/c1-10-3-5-14(11(2)7-10)19-17(20)16-9-12-8-13(18)4-6-15(12)21-16/h3-9H,1-2H3,(H,19,20). The second-order valence-corrected chi connectivity index (χ2v) is 5.98. The average Bonchev–Trinajstić information content (AvgIpc) is 2.85. The Hall–Kier alpha value is -2.07. The molecule has 3 nitrogen and oxygen atoms in total. The topological polar surface area (TPSA) is 42.2 Å². The molecular formula is C17H14BrNO2. The van der Waals surface area contributed by atoms with Gasteiger partial charge in [-0.1, -0.05) is 33.6 Å². The summed E-state index contributed by atoms with van der Waals surface area (Å²) in [7, 11) is 0. The highest BCUT2D eigenvalue weighted by atomic mass is 79.9. The van der Waals surface area contributed by atoms with Gasteiger partial charge in [0.05, 0.1) is 0 Å². The normalized spacial score (nSPS) is 10.8. The third-order valence-electron chi connectivity index (χ3n) is 3.33. The van der Waals surface area contributed by atoms with Crippen LogP contribution in [-0.4, -0.2) is 5.91 Å². The molecule has 0 aliphatic carbocycles. The van der Waals surface area contributed by atoms with Gasteiger partial charge in [0.15, 0.2) is 5.76 Å². The largest absolute Gasteiger partial charge is 0.451 e. The van der Waals surface area contributed by atoms with Crippen molar-refractivity contribution in [2.75, 3.05) is 5.32 Å². The summed E-state index contributed by atoms with van der Waals surface area (Å²) in [5.74, 6) is 0.0670. The van der Waals surface area contributed by atoms with Gasteiger partial charge in [-0.25, -0.2) is 0 Å². The molecule has 3 rings (SSSR count). The van der Waals surface area contributed by atoms with Crippen molar-refractivity contribution >= 4 is 38.5 Å². The number of fused-ring (bicyclic) bond motifs is 1. The van der Waals surface area contributed by atoms with E-state index < -0.39 is 0 Å². The molecule has 1 aromatic heterocycles. The van der Waals surface area contributed by atoms with Crippen LogP contribution in [-0.2, 0) is 0 Å². The summed E-state index contributed by atoms with van der Waals surface area (Å²) in [6.07, 6.45) is 0. The van der Waals surface area contributed by atoms with Crippen molar-refractivity contribution in [1.82, 2.24) is 0 Å². The number of aryl methyl sites for hydroxylation is 2. The highest BCUT2D eigenvalue weighted by molar-refractivity contribution is 9.10. The Labute approximate surface area is 131 Å². The zero-order valence-electron chi connectivity index (χ0n) is 11.7. The van der Waals surface area contributed by atoms with E-state index in [-0.39, 0.29) is 5.91 Å². The summed E-state index contributed by atoms with van der Waals surface area (Å²) in [6, 6.07) is 13.3. The lowest BCUT2D eigenvalue weighted by Gasteiger charge is -2.07. The van der Waals surface area contributed by atoms with Crippen LogP contribution in [0.3, 0.4) is 0 Å². The van der Waals surface area contributed by atoms with Crippen molar-refractivity contribution in [3.8, 4) is 0 Å². The van der Waals surface area contributed by atoms with Crippen LogP contribution in [0.25, 0.3) is 11.0 Å². The van der Waals surface area contributed by atoms with E-state index in [1.807, 2.05) is 50.2 Å². The predicted octanol–water partition coefficient (Wildman–Crippen LogP) is 5.06. The number of nitrogens with one attached hydrogen (secondary N) is 1. The quantitative estimate of drug-likeness (QED) is 0.706. The third kappa shape index (κ3) is 2.85. The number of halogens is 1. The Morgan fingerprint density at radius 2 is 1.90 bits per heavy atom. The number of amides is 1. The number of carbonyl (C=O) groups is 1. The molecular weight excluding hydrogens is 330 g/mol. The Bertz CT molecular complexity index is 836. The van der Waals surface area contributed by atoms with Crippen LogP contribution >= 0.6 is 15.9 Å². The summed E-state index contributed by atoms with van der Waals surface area (Å²) in [4.78, 5) is 12.3. The minimum absolute atomic E-state index is 0.241. The molecule has 1 N–H and O–H groups in total. The fourth-order valence-electron chi connectivity index (χ4n) is 2.26. The first kappa shape index (κ1) is 13.9. The molecule has 21 heavy (non-hydrogen) atoms. The van der Waals surface area contributed by atoms with Crippen LogP contribution in [0, 0.1) is 13.8 Å². The lowest BCUT2D eigenvalue weighted by atomic mass is 10.1. The van der Waals surface area contributed by atoms with Crippen LogP contribution < -0.4 is 5.32 Å². The molecule has 3 aromatic rings. The van der Waals surface area contributed by atoms with Gasteiger partial charge in [0.25, 0.3) is 5.91 Å². The van der Waals surface area contributed by atoms with Crippen LogP contribution in [0.1, 0.15) is 21.7 Å². The van der Waals surface area contributed by atoms with E-state index in [4.69, 9.17) is 4.42 Å². The highest BCUT2D eigenvalue weighted by Crippen LogP contribution is 2.24. The first-order valence-electron chi connectivity index (χ1n) is 6.60. The number of furan rings is 1. The Morgan fingerprint density at radius 3 is 2.67 bits per heavy atom. The van der Waals surface area contributed by atoms with Crippen molar-refractivity contribution in [3.05, 3.63) is 63.8 Å². The molecule has 0 unspecified atom stereocenters. The molecule has 0 aliphatic rings. The molecule has 0 aliphatic heterocycles. The van der Waals surface area contributed by atoms with Gasteiger partial charge in [-0.05, 0) is 49.7 Å². The zero-order valence-corrected chi connectivity index (χ0v) is 13.3. The molecule has 0 spiro atoms. The van der Waals surface area contributed by atoms with Gasteiger partial charge in [0, 0.05) is 15.5 Å². The van der Waals surface area contributed by atoms with E-state index in [9.17, 15) is 4.79 Å². The number of hydrogen-bond donors (Lipinski definition) is 1. The Balaban J connectivity index is 1.89. The molecule has 0 bridgehead atoms. The smallest absolute Gasteiger partial charge is 0.291 e. The van der Waals surface area contributed by atoms with Gasteiger partial charge in [0.1, 0.15) is 5.58 Å². The molecule has 106 valence electrons. The number of benzene rings is 2. The van der Waals surface area contributed by atoms with Gasteiger partial charge in [0.2, 0.25) is 0 Å². The Kier molecular flexibility index (Phi) is 3.55. The molecule has 0 fully saturated rings. The molecule has 0 radical (unpaired) electrons. The van der Waals surface area contributed by atoms with E-state index >= 15 is 0 Å². The van der Waals surface area contributed by atoms with Crippen molar-refractivity contribution in [3.63, 3.8) is 0 Å². The lowest BCUT2D eigenvalue weighted by Crippen LogP contribution is -2.11. The first-order valence-corrected chi connectivity index (χ1v) is 7.40. The first-order chi connectivity index (χ1) is 10.0. The summed E-state index contributed by atoms with van der Waals surface area (Å²) < 4.78 is 6.54. The maximum Gasteiger partial charge on any atom is 0.291 e. The average molecular weight is 344 g/mol. The zero-order chi connectivity index (χ0) is 15.0. The molecule has 2 aromatic carbocycles. The van der Waals surface area contributed by atoms with Gasteiger partial charge >= 0.3 is 0 Å². The van der Waals surface area contributed by atoms with Gasteiger partial charge < -0.3 is 9.73 Å². The van der Waals surface area contributed by atoms with Gasteiger partial charge in [-0.15, -0.1) is 0 Å². The predicted molar refractivity (Wildman–Crippen MR) is 87.8 cm³/mol. The van der Waals surface area contributed by atoms with Crippen molar-refractivity contribution < 1.29 is 9.21 Å². The number of hydrogen-bond acceptors (Lipinski definition) is 2. The van der Waals surface area contributed by atoms with E-state index in [1.54, 1.807) is 6.07 Å². The van der Waals surface area contributed by atoms with Crippen molar-refractivity contribution in [2.45, 2.75) is 13.8 Å². The summed E-state index contributed by atoms with van der Waals surface area (Å²) in [5.41, 5.74) is 3.69. The van der Waals surface area contributed by atoms with Crippen molar-refractivity contribution in [2.24, 2.45) is 0 Å². The fraction of sp³-hybridized carbons (Fsp3) is 0.118. The van der Waals surface area contributed by atoms with E-state index in [0.29, 0.717) is 11.3 Å². The summed E-state index contributed by atoms with van der Waals surface area (Å²) in [5, 5.41) is 3.78. The second-order valence-electron chi connectivity index (χ2n) is 5.07. The van der Waals surface area contributed by atoms with Gasteiger partial charge in [-0.2, -0.15) is 0 Å². The molecule has 0 saturated carbocycles. The molecule has 4 heteroatoms. The number of anilines is 1. The highest BCUT2D eigenvalue weighted by Gasteiger charge is 2.13. The van der Waals surface area contributed by atoms with E-state index in [1.165, 1.54) is 5.56 Å². The molecule has 1 heterocycles. The van der Waals surface area contributed by atoms with Crippen LogP contribution in [0.5, 0.6) is 0 Å². The molecule has 0 saturated heterocycles. The van der Waals surface area contributed by atoms with Gasteiger partial charge in [-0.3, -0.25) is 4.79 Å². The minimum Gasteiger partial charge on any atom is -0.451 e. The minimum atomic E-state index is -0.241. The molecule has 1 amide bonds. The third-order valence-corrected chi connectivity index (χ3v) is 3.83. The van der Waals surface area contributed by atoms with Crippen LogP contribution in [0.4, 0.5) is 5.69 Å². The lowest BCUT2D eigenvalue weighted by molar-refractivity contribution is 0.0998. The van der Waals surface area contributed by atoms with E-state index in [2.05, 4.69) is 21.2 Å². The number of rotatable bonds is 2. The van der Waals surface area contributed by atoms with Crippen molar-refractivity contribution in [1.29, 1.82) is 0 Å². The van der Waals surface area contributed by atoms with Crippen LogP contribution in [0.2, 0.25) is 0 Å². The monoisotopic (exact) mass is 343 g/mol. The van der Waals surface area contributed by atoms with Crippen LogP contribution in [0.15, 0.2) is 51.4 Å². The number of carbonyl (C=O) groups excluding carboxylic acids is 1. The SMILES string of the molecule is Cc1ccc(NC(=O)c2cc3cc(Br)ccc3o2)c(C)c1. The maximum absolute atomic E-state index is 12.3. The Morgan fingerprint density at radius 1 is 1.10 bits per heavy atom. The summed E-state index contributed by atoms with van der Waals surface area (Å²) in [6.45, 7) is 3.99. The van der Waals surface area contributed by atoms with E-state index in [0.717, 1.165) is 21.1 Å². The fourth-order valence-corrected chi connectivity index (χ4v) is 2.64. The summed E-state index contributed by atoms with van der Waals surface area (Å²) >= 11 is 3.41. The molecule has 0 atom stereocenters.